The van der Waals surface area contributed by atoms with Gasteiger partial charge in [0.15, 0.2) is 0 Å². The Hall–Kier alpha value is -3.73. The largest absolute Gasteiger partial charge is 0.305 e. The minimum absolute atomic E-state index is 0. The summed E-state index contributed by atoms with van der Waals surface area (Å²) in [5.41, 5.74) is 8.74. The van der Waals surface area contributed by atoms with Gasteiger partial charge in [-0.15, -0.1) is 59.7 Å². The second-order valence-electron chi connectivity index (χ2n) is 12.6. The average Bonchev–Trinajstić information content (AvgIpc) is 3.43. The molecule has 0 spiro atoms. The first-order valence-electron chi connectivity index (χ1n) is 15.8. The van der Waals surface area contributed by atoms with E-state index in [1.165, 1.54) is 42.0 Å². The van der Waals surface area contributed by atoms with E-state index >= 15 is 0 Å². The van der Waals surface area contributed by atoms with Gasteiger partial charge in [-0.3, -0.25) is 0 Å². The molecule has 3 heterocycles. The monoisotopic (exact) mass is 812 g/mol. The first-order valence-corrected chi connectivity index (χ1v) is 19.6. The van der Waals surface area contributed by atoms with Crippen LogP contribution in [0.15, 0.2) is 116 Å². The van der Waals surface area contributed by atoms with Gasteiger partial charge in [-0.05, 0) is 68.8 Å². The topological polar surface area (TPSA) is 25.8 Å². The molecule has 0 fully saturated rings. The second kappa shape index (κ2) is 14.4. The summed E-state index contributed by atoms with van der Waals surface area (Å²) in [6.07, 6.45) is 3.85. The number of hydrogen-bond donors (Lipinski definition) is 0. The number of nitrogens with zero attached hydrogens (tertiary/aromatic N) is 2. The summed E-state index contributed by atoms with van der Waals surface area (Å²) in [4.78, 5) is 9.18. The fourth-order valence-corrected chi connectivity index (χ4v) is 8.56. The molecule has 0 bridgehead atoms. The second-order valence-corrected chi connectivity index (χ2v) is 18.7. The molecule has 0 saturated heterocycles. The molecule has 4 aromatic carbocycles. The first kappa shape index (κ1) is 32.2. The molecular weight excluding hydrogens is 773 g/mol. The molecule has 0 amide bonds. The molecule has 0 saturated carbocycles. The van der Waals surface area contributed by atoms with E-state index in [9.17, 15) is 0 Å². The van der Waals surface area contributed by atoms with Gasteiger partial charge in [-0.25, -0.2) is 0 Å². The summed E-state index contributed by atoms with van der Waals surface area (Å²) >= 11 is 1.78. The van der Waals surface area contributed by atoms with Crippen LogP contribution in [0.1, 0.15) is 32.2 Å². The first-order chi connectivity index (χ1) is 22.0. The molecule has 0 unspecified atom stereocenters. The molecule has 0 aliphatic carbocycles. The Morgan fingerprint density at radius 1 is 0.761 bits per heavy atom. The molecule has 2 nitrogen and oxygen atoms in total. The minimum Gasteiger partial charge on any atom is -0.305 e. The predicted molar refractivity (Wildman–Crippen MR) is 197 cm³/mol. The third kappa shape index (κ3) is 7.29. The number of aryl methyl sites for hydroxylation is 1. The Bertz CT molecular complexity index is 2130. The smallest absolute Gasteiger partial charge is 0.0798 e. The third-order valence-corrected chi connectivity index (χ3v) is 11.4. The van der Waals surface area contributed by atoms with Crippen LogP contribution in [-0.2, 0) is 20.1 Å². The van der Waals surface area contributed by atoms with Crippen LogP contribution in [0.3, 0.4) is 0 Å². The Balaban J connectivity index is 0.000000207. The van der Waals surface area contributed by atoms with E-state index in [1.54, 1.807) is 17.5 Å². The van der Waals surface area contributed by atoms with Gasteiger partial charge in [0.2, 0.25) is 0 Å². The van der Waals surface area contributed by atoms with Gasteiger partial charge in [0.1, 0.15) is 0 Å². The number of aromatic nitrogens is 2. The zero-order chi connectivity index (χ0) is 32.5. The quantitative estimate of drug-likeness (QED) is 0.128. The molecule has 0 N–H and O–H groups in total. The maximum absolute atomic E-state index is 8.35. The fourth-order valence-electron chi connectivity index (χ4n) is 5.66. The van der Waals surface area contributed by atoms with Crippen LogP contribution in [0.25, 0.3) is 53.8 Å². The van der Waals surface area contributed by atoms with Crippen molar-refractivity contribution in [3.05, 3.63) is 139 Å². The summed E-state index contributed by atoms with van der Waals surface area (Å²) in [5, 5.41) is 3.93. The molecular formula is C41H38IrN2SSi-2. The van der Waals surface area contributed by atoms with Gasteiger partial charge in [-0.2, -0.15) is 11.3 Å². The van der Waals surface area contributed by atoms with Crippen LogP contribution in [0.4, 0.5) is 0 Å². The predicted octanol–water partition coefficient (Wildman–Crippen LogP) is 11.1. The molecule has 7 aromatic rings. The van der Waals surface area contributed by atoms with Crippen LogP contribution in [0.2, 0.25) is 19.6 Å². The summed E-state index contributed by atoms with van der Waals surface area (Å²) in [7, 11) is -1.27. The van der Waals surface area contributed by atoms with Crippen LogP contribution in [0.5, 0.6) is 0 Å². The molecule has 5 heteroatoms. The van der Waals surface area contributed by atoms with Gasteiger partial charge in [0.05, 0.1) is 8.07 Å². The van der Waals surface area contributed by atoms with Crippen molar-refractivity contribution in [3.63, 3.8) is 0 Å². The van der Waals surface area contributed by atoms with Crippen molar-refractivity contribution in [1.82, 2.24) is 9.97 Å². The van der Waals surface area contributed by atoms with Gasteiger partial charge >= 0.3 is 0 Å². The summed E-state index contributed by atoms with van der Waals surface area (Å²) < 4.78 is 10.8. The number of pyridine rings is 2. The van der Waals surface area contributed by atoms with E-state index in [1.807, 2.05) is 56.3 Å². The van der Waals surface area contributed by atoms with E-state index < -0.39 is 14.0 Å². The maximum atomic E-state index is 8.35. The van der Waals surface area contributed by atoms with Gasteiger partial charge in [-0.1, -0.05) is 98.5 Å². The van der Waals surface area contributed by atoms with Gasteiger partial charge < -0.3 is 9.97 Å². The molecule has 233 valence electrons. The van der Waals surface area contributed by atoms with Crippen molar-refractivity contribution < 1.29 is 21.5 Å². The third-order valence-electron chi connectivity index (χ3n) is 8.04. The molecule has 7 rings (SSSR count). The van der Waals surface area contributed by atoms with E-state index in [0.29, 0.717) is 0 Å². The molecule has 1 radical (unpaired) electrons. The van der Waals surface area contributed by atoms with Crippen molar-refractivity contribution in [2.45, 2.75) is 46.3 Å². The summed E-state index contributed by atoms with van der Waals surface area (Å²) in [5.74, 6) is -0.656. The van der Waals surface area contributed by atoms with Crippen molar-refractivity contribution >= 4 is 44.8 Å². The molecule has 0 aliphatic heterocycles. The van der Waals surface area contributed by atoms with E-state index in [0.717, 1.165) is 28.1 Å². The fraction of sp³-hybridized carbons (Fsp3) is 0.171. The van der Waals surface area contributed by atoms with E-state index in [4.69, 9.17) is 1.37 Å². The van der Waals surface area contributed by atoms with Crippen LogP contribution in [0, 0.1) is 19.1 Å². The molecule has 3 aromatic heterocycles. The number of rotatable bonds is 5. The summed E-state index contributed by atoms with van der Waals surface area (Å²) in [6.45, 7) is 13.0. The number of hydrogen-bond acceptors (Lipinski definition) is 3. The van der Waals surface area contributed by atoms with Crippen LogP contribution in [-0.4, -0.2) is 18.0 Å². The van der Waals surface area contributed by atoms with E-state index in [-0.39, 0.29) is 20.1 Å². The Morgan fingerprint density at radius 2 is 1.54 bits per heavy atom. The Kier molecular flexibility index (Phi) is 10.1. The van der Waals surface area contributed by atoms with Crippen molar-refractivity contribution in [2.75, 3.05) is 0 Å². The zero-order valence-electron chi connectivity index (χ0n) is 28.1. The van der Waals surface area contributed by atoms with Crippen molar-refractivity contribution in [1.29, 1.82) is 0 Å². The number of benzene rings is 4. The maximum Gasteiger partial charge on any atom is 0.0798 e. The SMILES string of the molecule is Cc1cc(-c2[c-]cccc2)ncc1[Si](C)(C)C.[2H]C(C)(C)c1ccnc(-c2[c-]ccc3c2sc2ccc(-c4ccccc4)cc23)c1.[Ir]. The summed E-state index contributed by atoms with van der Waals surface area (Å²) in [6, 6.07) is 42.0. The van der Waals surface area contributed by atoms with Crippen molar-refractivity contribution in [3.8, 4) is 33.6 Å². The number of thiophene rings is 1. The Morgan fingerprint density at radius 3 is 2.24 bits per heavy atom. The van der Waals surface area contributed by atoms with Gasteiger partial charge in [0.25, 0.3) is 0 Å². The Labute approximate surface area is 293 Å². The van der Waals surface area contributed by atoms with E-state index in [2.05, 4.69) is 116 Å². The minimum atomic E-state index is -1.27. The average molecular weight is 812 g/mol. The number of fused-ring (bicyclic) bond motifs is 3. The standard InChI is InChI=1S/C26H20NS.C15H18NSi.Ir/c1-17(2)19-13-14-27-24(16-19)22-10-6-9-21-23-15-20(18-7-4-3-5-8-18)11-12-25(23)28-26(21)22;1-12-10-14(13-8-6-5-7-9-13)16-11-15(12)17(2,3)4;/h3-9,11-17H,1-2H3;5-8,10-11H,1-4H3;/q2*-1;/i17D;;. The van der Waals surface area contributed by atoms with Crippen molar-refractivity contribution in [2.24, 2.45) is 0 Å². The van der Waals surface area contributed by atoms with Crippen LogP contribution < -0.4 is 5.19 Å². The normalized spacial score (nSPS) is 11.8. The van der Waals surface area contributed by atoms with Crippen LogP contribution >= 0.6 is 11.3 Å². The van der Waals surface area contributed by atoms with Gasteiger partial charge in [0, 0.05) is 38.6 Å². The zero-order valence-corrected chi connectivity index (χ0v) is 31.3. The molecule has 46 heavy (non-hydrogen) atoms. The molecule has 0 atom stereocenters. The molecule has 0 aliphatic rings.